The van der Waals surface area contributed by atoms with Crippen LogP contribution < -0.4 is 10.6 Å². The van der Waals surface area contributed by atoms with Crippen molar-refractivity contribution in [1.29, 1.82) is 0 Å². The van der Waals surface area contributed by atoms with Crippen molar-refractivity contribution in [2.75, 3.05) is 5.32 Å². The number of hydrogen-bond acceptors (Lipinski definition) is 8. The lowest BCUT2D eigenvalue weighted by Gasteiger charge is -2.29. The van der Waals surface area contributed by atoms with Crippen LogP contribution in [0.15, 0.2) is 61.2 Å². The van der Waals surface area contributed by atoms with Gasteiger partial charge in [0, 0.05) is 43.2 Å². The molecule has 1 saturated heterocycles. The van der Waals surface area contributed by atoms with Crippen molar-refractivity contribution >= 4 is 29.4 Å². The summed E-state index contributed by atoms with van der Waals surface area (Å²) < 4.78 is 3.04. The minimum Gasteiger partial charge on any atom is -0.322 e. The Morgan fingerprint density at radius 2 is 1.86 bits per heavy atom. The summed E-state index contributed by atoms with van der Waals surface area (Å²) in [6.07, 6.45) is 6.97. The van der Waals surface area contributed by atoms with Crippen molar-refractivity contribution in [2.45, 2.75) is 25.4 Å². The summed E-state index contributed by atoms with van der Waals surface area (Å²) in [5.41, 5.74) is 2.68. The molecular formula is C24H19N9O4. The fraction of sp³-hybridized carbons (Fsp3) is 0.167. The second-order valence-corrected chi connectivity index (χ2v) is 8.59. The lowest BCUT2D eigenvalue weighted by Crippen LogP contribution is -2.52. The predicted octanol–water partition coefficient (Wildman–Crippen LogP) is 0.861. The molecule has 2 N–H and O–H groups in total. The Labute approximate surface area is 209 Å². The molecule has 1 unspecified atom stereocenters. The van der Waals surface area contributed by atoms with E-state index in [0.29, 0.717) is 23.5 Å². The van der Waals surface area contributed by atoms with Crippen molar-refractivity contribution < 1.29 is 19.2 Å². The van der Waals surface area contributed by atoms with E-state index in [1.165, 1.54) is 15.8 Å². The van der Waals surface area contributed by atoms with E-state index >= 15 is 0 Å². The van der Waals surface area contributed by atoms with Gasteiger partial charge in [-0.2, -0.15) is 5.10 Å². The number of nitrogens with one attached hydrogen (secondary N) is 2. The molecule has 13 nitrogen and oxygen atoms in total. The SMILES string of the molecule is O=C1CCC(N2Cc3cc(-n4cc(C(=O)Nc5ccn(-c6ccncc6)n5)nn4)ccc3C2=O)C(=O)N1. The molecule has 5 heterocycles. The molecule has 0 radical (unpaired) electrons. The first-order chi connectivity index (χ1) is 18.0. The maximum absolute atomic E-state index is 12.9. The number of piperidine rings is 1. The van der Waals surface area contributed by atoms with Crippen LogP contribution in [0.5, 0.6) is 0 Å². The van der Waals surface area contributed by atoms with Crippen molar-refractivity contribution in [3.63, 3.8) is 0 Å². The topological polar surface area (TPSA) is 157 Å². The Kier molecular flexibility index (Phi) is 5.29. The first-order valence-electron chi connectivity index (χ1n) is 11.4. The second-order valence-electron chi connectivity index (χ2n) is 8.59. The molecule has 1 atom stereocenters. The van der Waals surface area contributed by atoms with Crippen LogP contribution in [0, 0.1) is 0 Å². The summed E-state index contributed by atoms with van der Waals surface area (Å²) in [4.78, 5) is 54.8. The maximum Gasteiger partial charge on any atom is 0.279 e. The van der Waals surface area contributed by atoms with E-state index in [0.717, 1.165) is 11.3 Å². The van der Waals surface area contributed by atoms with Crippen LogP contribution in [-0.4, -0.2) is 64.3 Å². The molecule has 3 aromatic heterocycles. The summed E-state index contributed by atoms with van der Waals surface area (Å²) in [7, 11) is 0. The van der Waals surface area contributed by atoms with E-state index in [4.69, 9.17) is 0 Å². The zero-order valence-corrected chi connectivity index (χ0v) is 19.2. The van der Waals surface area contributed by atoms with Crippen LogP contribution in [0.4, 0.5) is 5.82 Å². The quantitative estimate of drug-likeness (QED) is 0.385. The molecule has 184 valence electrons. The van der Waals surface area contributed by atoms with Gasteiger partial charge < -0.3 is 10.2 Å². The number of pyridine rings is 1. The highest BCUT2D eigenvalue weighted by Gasteiger charge is 2.39. The van der Waals surface area contributed by atoms with Gasteiger partial charge in [-0.25, -0.2) is 9.36 Å². The van der Waals surface area contributed by atoms with Crippen LogP contribution >= 0.6 is 0 Å². The molecule has 0 bridgehead atoms. The highest BCUT2D eigenvalue weighted by molar-refractivity contribution is 6.05. The summed E-state index contributed by atoms with van der Waals surface area (Å²) in [5, 5.41) is 17.3. The number of fused-ring (bicyclic) bond motifs is 1. The van der Waals surface area contributed by atoms with Gasteiger partial charge in [0.15, 0.2) is 11.5 Å². The Morgan fingerprint density at radius 1 is 1.03 bits per heavy atom. The highest BCUT2D eigenvalue weighted by atomic mass is 16.2. The molecule has 1 aromatic carbocycles. The molecule has 13 heteroatoms. The molecule has 0 spiro atoms. The molecular weight excluding hydrogens is 478 g/mol. The third kappa shape index (κ3) is 4.11. The van der Waals surface area contributed by atoms with Gasteiger partial charge in [-0.05, 0) is 42.3 Å². The van der Waals surface area contributed by atoms with E-state index in [2.05, 4.69) is 31.0 Å². The van der Waals surface area contributed by atoms with Crippen molar-refractivity contribution in [2.24, 2.45) is 0 Å². The average Bonchev–Trinajstić information content (AvgIpc) is 3.64. The number of carbonyl (C=O) groups excluding carboxylic acids is 4. The molecule has 4 aromatic rings. The van der Waals surface area contributed by atoms with Gasteiger partial charge in [-0.15, -0.1) is 5.10 Å². The smallest absolute Gasteiger partial charge is 0.279 e. The van der Waals surface area contributed by atoms with Gasteiger partial charge in [0.05, 0.1) is 17.6 Å². The lowest BCUT2D eigenvalue weighted by atomic mass is 10.0. The van der Waals surface area contributed by atoms with Gasteiger partial charge in [0.25, 0.3) is 11.8 Å². The Morgan fingerprint density at radius 3 is 2.68 bits per heavy atom. The number of aromatic nitrogens is 6. The number of carbonyl (C=O) groups is 4. The zero-order valence-electron chi connectivity index (χ0n) is 19.2. The van der Waals surface area contributed by atoms with Crippen molar-refractivity contribution in [1.82, 2.24) is 40.0 Å². The molecule has 37 heavy (non-hydrogen) atoms. The highest BCUT2D eigenvalue weighted by Crippen LogP contribution is 2.29. The van der Waals surface area contributed by atoms with Gasteiger partial charge in [0.1, 0.15) is 6.04 Å². The van der Waals surface area contributed by atoms with Gasteiger partial charge >= 0.3 is 0 Å². The molecule has 4 amide bonds. The van der Waals surface area contributed by atoms with Gasteiger partial charge in [-0.1, -0.05) is 5.21 Å². The number of imide groups is 1. The molecule has 0 saturated carbocycles. The number of rotatable bonds is 5. The zero-order chi connectivity index (χ0) is 25.5. The van der Waals surface area contributed by atoms with Crippen LogP contribution in [0.1, 0.15) is 39.3 Å². The van der Waals surface area contributed by atoms with Crippen LogP contribution in [0.25, 0.3) is 11.4 Å². The summed E-state index contributed by atoms with van der Waals surface area (Å²) in [5.74, 6) is -1.19. The van der Waals surface area contributed by atoms with E-state index in [1.807, 2.05) is 0 Å². The number of anilines is 1. The largest absolute Gasteiger partial charge is 0.322 e. The Hall–Kier alpha value is -5.20. The first-order valence-corrected chi connectivity index (χ1v) is 11.4. The van der Waals surface area contributed by atoms with Crippen molar-refractivity contribution in [3.05, 3.63) is 78.0 Å². The van der Waals surface area contributed by atoms with Crippen LogP contribution in [0.2, 0.25) is 0 Å². The molecule has 6 rings (SSSR count). The third-order valence-electron chi connectivity index (χ3n) is 6.26. The Bertz CT molecular complexity index is 1560. The number of amides is 4. The molecule has 2 aliphatic rings. The molecule has 1 fully saturated rings. The maximum atomic E-state index is 12.9. The van der Waals surface area contributed by atoms with E-state index in [9.17, 15) is 19.2 Å². The number of nitrogens with zero attached hydrogens (tertiary/aromatic N) is 7. The van der Waals surface area contributed by atoms with Gasteiger partial charge in [-0.3, -0.25) is 29.5 Å². The predicted molar refractivity (Wildman–Crippen MR) is 127 cm³/mol. The van der Waals surface area contributed by atoms with Crippen molar-refractivity contribution in [3.8, 4) is 11.4 Å². The summed E-state index contributed by atoms with van der Waals surface area (Å²) in [6.45, 7) is 0.233. The van der Waals surface area contributed by atoms with E-state index in [-0.39, 0.29) is 30.5 Å². The standard InChI is InChI=1S/C24H19N9O4/c34-21-4-3-19(23(36)27-21)31-12-14-11-16(1-2-17(14)24(31)37)33-13-18(28-30-33)22(35)26-20-7-10-32(29-20)15-5-8-25-9-6-15/h1-2,5-11,13,19H,3-4,12H2,(H,26,29,35)(H,27,34,36). The van der Waals surface area contributed by atoms with Gasteiger partial charge in [0.2, 0.25) is 11.8 Å². The van der Waals surface area contributed by atoms with E-state index < -0.39 is 17.9 Å². The Balaban J connectivity index is 1.16. The van der Waals surface area contributed by atoms with Crippen LogP contribution in [0.3, 0.4) is 0 Å². The fourth-order valence-corrected chi connectivity index (χ4v) is 4.41. The fourth-order valence-electron chi connectivity index (χ4n) is 4.41. The average molecular weight is 497 g/mol. The minimum absolute atomic E-state index is 0.0835. The van der Waals surface area contributed by atoms with E-state index in [1.54, 1.807) is 59.7 Å². The summed E-state index contributed by atoms with van der Waals surface area (Å²) >= 11 is 0. The monoisotopic (exact) mass is 497 g/mol. The normalized spacial score (nSPS) is 17.0. The molecule has 0 aliphatic carbocycles. The second kappa shape index (κ2) is 8.78. The third-order valence-corrected chi connectivity index (χ3v) is 6.26. The lowest BCUT2D eigenvalue weighted by molar-refractivity contribution is -0.136. The number of benzene rings is 1. The number of hydrogen-bond donors (Lipinski definition) is 2. The first kappa shape index (κ1) is 22.3. The summed E-state index contributed by atoms with van der Waals surface area (Å²) in [6, 6.07) is 9.67. The molecule has 2 aliphatic heterocycles. The minimum atomic E-state index is -0.690. The van der Waals surface area contributed by atoms with Crippen LogP contribution in [-0.2, 0) is 16.1 Å².